The zero-order valence-corrected chi connectivity index (χ0v) is 24.3. The molecule has 6 heteroatoms. The Kier molecular flexibility index (Phi) is 9.85. The molecule has 0 N–H and O–H groups in total. The third kappa shape index (κ3) is 6.55. The number of methoxy groups -OCH3 is 6. The van der Waals surface area contributed by atoms with Crippen molar-refractivity contribution in [3.05, 3.63) is 69.8 Å². The summed E-state index contributed by atoms with van der Waals surface area (Å²) in [4.78, 5) is 0. The molecule has 0 aromatic heterocycles. The van der Waals surface area contributed by atoms with Crippen molar-refractivity contribution in [2.75, 3.05) is 42.7 Å². The number of ether oxygens (including phenoxy) is 6. The molecule has 210 valence electrons. The van der Waals surface area contributed by atoms with Gasteiger partial charge in [0.25, 0.3) is 0 Å². The second kappa shape index (κ2) is 13.5. The highest BCUT2D eigenvalue weighted by Crippen LogP contribution is 2.36. The van der Waals surface area contributed by atoms with E-state index in [-0.39, 0.29) is 0 Å². The maximum atomic E-state index is 5.75. The molecule has 0 heterocycles. The number of hydrogen-bond acceptors (Lipinski definition) is 6. The van der Waals surface area contributed by atoms with Gasteiger partial charge in [-0.2, -0.15) is 0 Å². The predicted octanol–water partition coefficient (Wildman–Crippen LogP) is 6.58. The normalized spacial score (nSPS) is 14.0. The highest BCUT2D eigenvalue weighted by atomic mass is 16.5. The Labute approximate surface area is 233 Å². The van der Waals surface area contributed by atoms with Gasteiger partial charge in [0.15, 0.2) is 0 Å². The highest BCUT2D eigenvalue weighted by molar-refractivity contribution is 5.50. The molecule has 0 spiro atoms. The molecule has 0 saturated carbocycles. The summed E-state index contributed by atoms with van der Waals surface area (Å²) in [6, 6.07) is 12.9. The molecule has 3 aromatic carbocycles. The lowest BCUT2D eigenvalue weighted by molar-refractivity contribution is 0.384. The van der Waals surface area contributed by atoms with Crippen LogP contribution < -0.4 is 28.4 Å². The fourth-order valence-corrected chi connectivity index (χ4v) is 5.69. The standard InChI is InChI=1S/C33H42O6/c1-34-28-19-29(35-2)23-12-8-13-25-18-27(33(39-6)21-32(25)38-5)15-9-14-26-17-24(11-7-10-22(28)16-23)30(36-3)20-31(26)37-4/h16-21H,7-15H2,1-6H3. The van der Waals surface area contributed by atoms with Gasteiger partial charge >= 0.3 is 0 Å². The van der Waals surface area contributed by atoms with Gasteiger partial charge in [-0.25, -0.2) is 0 Å². The fourth-order valence-electron chi connectivity index (χ4n) is 5.69. The van der Waals surface area contributed by atoms with Gasteiger partial charge in [-0.3, -0.25) is 0 Å². The third-order valence-electron chi connectivity index (χ3n) is 7.73. The second-order valence-electron chi connectivity index (χ2n) is 9.99. The smallest absolute Gasteiger partial charge is 0.125 e. The van der Waals surface area contributed by atoms with Gasteiger partial charge in [-0.15, -0.1) is 0 Å². The van der Waals surface area contributed by atoms with Crippen molar-refractivity contribution < 1.29 is 28.4 Å². The van der Waals surface area contributed by atoms with E-state index in [0.29, 0.717) is 0 Å². The van der Waals surface area contributed by atoms with E-state index in [9.17, 15) is 0 Å². The first kappa shape index (κ1) is 28.5. The van der Waals surface area contributed by atoms with Crippen molar-refractivity contribution in [1.82, 2.24) is 0 Å². The van der Waals surface area contributed by atoms with Crippen molar-refractivity contribution in [3.8, 4) is 34.5 Å². The van der Waals surface area contributed by atoms with Crippen LogP contribution >= 0.6 is 0 Å². The first-order valence-electron chi connectivity index (χ1n) is 13.8. The minimum atomic E-state index is 0.869. The van der Waals surface area contributed by atoms with Crippen LogP contribution in [0.15, 0.2) is 36.4 Å². The molecule has 1 aliphatic rings. The first-order chi connectivity index (χ1) is 19.0. The van der Waals surface area contributed by atoms with Gasteiger partial charge in [0.05, 0.1) is 42.7 Å². The van der Waals surface area contributed by atoms with E-state index in [1.165, 1.54) is 33.4 Å². The molecular formula is C33H42O6. The molecule has 4 rings (SSSR count). The monoisotopic (exact) mass is 534 g/mol. The Bertz CT molecular complexity index is 1030. The maximum Gasteiger partial charge on any atom is 0.125 e. The summed E-state index contributed by atoms with van der Waals surface area (Å²) in [6.07, 6.45) is 8.34. The lowest BCUT2D eigenvalue weighted by Gasteiger charge is -2.18. The average molecular weight is 535 g/mol. The van der Waals surface area contributed by atoms with Crippen molar-refractivity contribution in [2.24, 2.45) is 0 Å². The van der Waals surface area contributed by atoms with E-state index < -0.39 is 0 Å². The summed E-state index contributed by atoms with van der Waals surface area (Å²) in [5, 5.41) is 0. The van der Waals surface area contributed by atoms with Gasteiger partial charge in [0.2, 0.25) is 0 Å². The van der Waals surface area contributed by atoms with Crippen LogP contribution in [0.5, 0.6) is 34.5 Å². The topological polar surface area (TPSA) is 55.4 Å². The maximum absolute atomic E-state index is 5.75. The third-order valence-corrected chi connectivity index (χ3v) is 7.73. The van der Waals surface area contributed by atoms with E-state index in [2.05, 4.69) is 18.2 Å². The molecular weight excluding hydrogens is 492 g/mol. The number of hydrogen-bond donors (Lipinski definition) is 0. The molecule has 0 saturated heterocycles. The number of aryl methyl sites for hydroxylation is 6. The first-order valence-corrected chi connectivity index (χ1v) is 13.8. The Balaban J connectivity index is 1.76. The lowest BCUT2D eigenvalue weighted by Crippen LogP contribution is -2.04. The SMILES string of the molecule is COc1cc(OC)c2cc1CCCc1cc(c(OC)cc1OC)CCCc1cc(c(OC)cc1OC)CCC2. The van der Waals surface area contributed by atoms with Crippen LogP contribution in [0.25, 0.3) is 0 Å². The van der Waals surface area contributed by atoms with E-state index in [1.807, 2.05) is 18.2 Å². The van der Waals surface area contributed by atoms with E-state index >= 15 is 0 Å². The van der Waals surface area contributed by atoms with E-state index in [1.54, 1.807) is 42.7 Å². The van der Waals surface area contributed by atoms with Crippen LogP contribution in [0.3, 0.4) is 0 Å². The van der Waals surface area contributed by atoms with Gasteiger partial charge in [0.1, 0.15) is 34.5 Å². The molecule has 0 radical (unpaired) electrons. The van der Waals surface area contributed by atoms with Crippen LogP contribution in [0.1, 0.15) is 52.6 Å². The Morgan fingerprint density at radius 1 is 0.308 bits per heavy atom. The van der Waals surface area contributed by atoms with Crippen LogP contribution in [-0.2, 0) is 38.5 Å². The van der Waals surface area contributed by atoms with Crippen LogP contribution in [0.2, 0.25) is 0 Å². The zero-order valence-electron chi connectivity index (χ0n) is 24.3. The number of benzene rings is 3. The van der Waals surface area contributed by atoms with Gasteiger partial charge < -0.3 is 28.4 Å². The summed E-state index contributed by atoms with van der Waals surface area (Å²) >= 11 is 0. The molecule has 6 bridgehead atoms. The Morgan fingerprint density at radius 3 is 0.641 bits per heavy atom. The fraction of sp³-hybridized carbons (Fsp3) is 0.455. The van der Waals surface area contributed by atoms with Gasteiger partial charge in [-0.05, 0) is 109 Å². The molecule has 6 nitrogen and oxygen atoms in total. The minimum absolute atomic E-state index is 0.869. The van der Waals surface area contributed by atoms with Gasteiger partial charge in [0, 0.05) is 18.2 Å². The van der Waals surface area contributed by atoms with Crippen LogP contribution in [0.4, 0.5) is 0 Å². The Hall–Kier alpha value is -3.54. The van der Waals surface area contributed by atoms with Crippen molar-refractivity contribution in [3.63, 3.8) is 0 Å². The zero-order chi connectivity index (χ0) is 27.8. The number of rotatable bonds is 6. The Morgan fingerprint density at radius 2 is 0.487 bits per heavy atom. The summed E-state index contributed by atoms with van der Waals surface area (Å²) in [7, 11) is 10.3. The molecule has 1 aliphatic carbocycles. The largest absolute Gasteiger partial charge is 0.496 e. The molecule has 0 amide bonds. The van der Waals surface area contributed by atoms with Crippen molar-refractivity contribution >= 4 is 0 Å². The highest BCUT2D eigenvalue weighted by Gasteiger charge is 2.17. The predicted molar refractivity (Wildman–Crippen MR) is 155 cm³/mol. The number of fused-ring (bicyclic) bond motifs is 6. The lowest BCUT2D eigenvalue weighted by atomic mass is 9.94. The summed E-state index contributed by atoms with van der Waals surface area (Å²) in [5.41, 5.74) is 7.20. The molecule has 0 fully saturated rings. The van der Waals surface area contributed by atoms with Crippen molar-refractivity contribution in [1.29, 1.82) is 0 Å². The minimum Gasteiger partial charge on any atom is -0.496 e. The van der Waals surface area contributed by atoms with Crippen LogP contribution in [-0.4, -0.2) is 42.7 Å². The summed E-state index contributed by atoms with van der Waals surface area (Å²) in [6.45, 7) is 0. The second-order valence-corrected chi connectivity index (χ2v) is 9.99. The molecule has 39 heavy (non-hydrogen) atoms. The summed E-state index contributed by atoms with van der Waals surface area (Å²) < 4.78 is 34.5. The molecule has 0 unspecified atom stereocenters. The summed E-state index contributed by atoms with van der Waals surface area (Å²) in [5.74, 6) is 5.22. The molecule has 0 atom stereocenters. The average Bonchev–Trinajstić information content (AvgIpc) is 2.96. The molecule has 0 aliphatic heterocycles. The van der Waals surface area contributed by atoms with Crippen molar-refractivity contribution in [2.45, 2.75) is 57.8 Å². The van der Waals surface area contributed by atoms with Gasteiger partial charge in [-0.1, -0.05) is 0 Å². The molecule has 3 aromatic rings. The van der Waals surface area contributed by atoms with E-state index in [0.717, 1.165) is 92.3 Å². The van der Waals surface area contributed by atoms with E-state index in [4.69, 9.17) is 28.4 Å². The van der Waals surface area contributed by atoms with Crippen LogP contribution in [0, 0.1) is 0 Å². The quantitative estimate of drug-likeness (QED) is 0.356.